The number of nitro benzene ring substituents is 1. The number of hydrogen-bond acceptors (Lipinski definition) is 5. The summed E-state index contributed by atoms with van der Waals surface area (Å²) in [5, 5.41) is 21.4. The first-order valence-electron chi connectivity index (χ1n) is 6.60. The van der Waals surface area contributed by atoms with Crippen LogP contribution in [0.4, 0.5) is 28.0 Å². The molecule has 0 aromatic heterocycles. The fraction of sp³-hybridized carbons (Fsp3) is 0.133. The molecule has 10 heteroatoms. The van der Waals surface area contributed by atoms with Gasteiger partial charge in [-0.25, -0.2) is 4.39 Å². The summed E-state index contributed by atoms with van der Waals surface area (Å²) in [5.41, 5.74) is -2.58. The zero-order chi connectivity index (χ0) is 18.8. The molecule has 0 saturated heterocycles. The summed E-state index contributed by atoms with van der Waals surface area (Å²) in [6, 6.07) is 5.33. The number of carbonyl (C=O) groups excluding carboxylic acids is 1. The number of rotatable bonds is 4. The van der Waals surface area contributed by atoms with Crippen molar-refractivity contribution in [2.75, 3.05) is 0 Å². The highest BCUT2D eigenvalue weighted by molar-refractivity contribution is 5.61. The Morgan fingerprint density at radius 2 is 1.84 bits per heavy atom. The van der Waals surface area contributed by atoms with E-state index in [2.05, 4.69) is 4.74 Å². The van der Waals surface area contributed by atoms with E-state index >= 15 is 0 Å². The van der Waals surface area contributed by atoms with Gasteiger partial charge in [-0.3, -0.25) is 10.1 Å². The Bertz CT molecular complexity index is 835. The molecular formula is C15H8F4NO5-. The minimum Gasteiger partial charge on any atom is -0.514 e. The van der Waals surface area contributed by atoms with Crippen molar-refractivity contribution >= 4 is 11.8 Å². The van der Waals surface area contributed by atoms with E-state index in [0.29, 0.717) is 6.07 Å². The van der Waals surface area contributed by atoms with Crippen LogP contribution in [0.25, 0.3) is 0 Å². The van der Waals surface area contributed by atoms with Gasteiger partial charge in [0.2, 0.25) is 0 Å². The lowest BCUT2D eigenvalue weighted by atomic mass is 10.0. The van der Waals surface area contributed by atoms with E-state index in [9.17, 15) is 37.6 Å². The van der Waals surface area contributed by atoms with Crippen LogP contribution in [0.3, 0.4) is 0 Å². The van der Waals surface area contributed by atoms with Gasteiger partial charge in [0.1, 0.15) is 5.82 Å². The highest BCUT2D eigenvalue weighted by Gasteiger charge is 2.34. The first kappa shape index (κ1) is 18.2. The lowest BCUT2D eigenvalue weighted by Gasteiger charge is -2.15. The largest absolute Gasteiger partial charge is 0.514 e. The molecule has 0 spiro atoms. The van der Waals surface area contributed by atoms with E-state index in [-0.39, 0.29) is 5.56 Å². The average molecular weight is 358 g/mol. The van der Waals surface area contributed by atoms with Crippen molar-refractivity contribution in [3.8, 4) is 5.75 Å². The number of carbonyl (C=O) groups is 1. The Kier molecular flexibility index (Phi) is 4.91. The molecule has 0 aliphatic carbocycles. The average Bonchev–Trinajstić information content (AvgIpc) is 2.49. The van der Waals surface area contributed by atoms with E-state index in [0.717, 1.165) is 30.3 Å². The van der Waals surface area contributed by atoms with Gasteiger partial charge in [-0.2, -0.15) is 13.2 Å². The van der Waals surface area contributed by atoms with Gasteiger partial charge in [0, 0.05) is 18.6 Å². The maximum absolute atomic E-state index is 14.1. The van der Waals surface area contributed by atoms with Crippen LogP contribution in [-0.4, -0.2) is 11.1 Å². The molecule has 6 nitrogen and oxygen atoms in total. The highest BCUT2D eigenvalue weighted by atomic mass is 19.4. The summed E-state index contributed by atoms with van der Waals surface area (Å²) in [5.74, 6) is -1.96. The van der Waals surface area contributed by atoms with Crippen LogP contribution in [0.2, 0.25) is 0 Å². The van der Waals surface area contributed by atoms with Crippen LogP contribution in [0.5, 0.6) is 5.75 Å². The Morgan fingerprint density at radius 3 is 2.40 bits per heavy atom. The van der Waals surface area contributed by atoms with Crippen LogP contribution in [-0.2, 0) is 12.6 Å². The molecule has 25 heavy (non-hydrogen) atoms. The van der Waals surface area contributed by atoms with Crippen molar-refractivity contribution in [2.24, 2.45) is 0 Å². The second-order valence-electron chi connectivity index (χ2n) is 4.85. The number of carboxylic acid groups (broad SMARTS) is 1. The predicted molar refractivity (Wildman–Crippen MR) is 73.3 cm³/mol. The Morgan fingerprint density at radius 1 is 1.16 bits per heavy atom. The summed E-state index contributed by atoms with van der Waals surface area (Å²) in [7, 11) is 0. The smallest absolute Gasteiger partial charge is 0.419 e. The number of benzene rings is 2. The van der Waals surface area contributed by atoms with Crippen LogP contribution in [0.1, 0.15) is 16.7 Å². The molecule has 0 fully saturated rings. The number of nitro groups is 1. The third-order valence-corrected chi connectivity index (χ3v) is 3.21. The lowest BCUT2D eigenvalue weighted by molar-refractivity contribution is -0.385. The van der Waals surface area contributed by atoms with Gasteiger partial charge in [-0.05, 0) is 23.3 Å². The van der Waals surface area contributed by atoms with E-state index in [4.69, 9.17) is 0 Å². The molecule has 2 rings (SSSR count). The van der Waals surface area contributed by atoms with E-state index < -0.39 is 52.1 Å². The Hall–Kier alpha value is -3.17. The zero-order valence-corrected chi connectivity index (χ0v) is 12.2. The first-order chi connectivity index (χ1) is 11.6. The quantitative estimate of drug-likeness (QED) is 0.275. The van der Waals surface area contributed by atoms with Gasteiger partial charge in [-0.1, -0.05) is 12.1 Å². The second kappa shape index (κ2) is 6.75. The number of alkyl halides is 3. The van der Waals surface area contributed by atoms with Crippen molar-refractivity contribution in [2.45, 2.75) is 12.6 Å². The molecule has 132 valence electrons. The summed E-state index contributed by atoms with van der Waals surface area (Å²) < 4.78 is 56.7. The molecule has 0 atom stereocenters. The van der Waals surface area contributed by atoms with Gasteiger partial charge >= 0.3 is 6.18 Å². The molecule has 2 aromatic carbocycles. The van der Waals surface area contributed by atoms with Crippen LogP contribution >= 0.6 is 0 Å². The summed E-state index contributed by atoms with van der Waals surface area (Å²) in [6.07, 6.45) is -7.45. The monoisotopic (exact) mass is 358 g/mol. The minimum atomic E-state index is -4.92. The second-order valence-corrected chi connectivity index (χ2v) is 4.85. The van der Waals surface area contributed by atoms with Gasteiger partial charge in [0.15, 0.2) is 0 Å². The van der Waals surface area contributed by atoms with Crippen molar-refractivity contribution in [3.63, 3.8) is 0 Å². The van der Waals surface area contributed by atoms with Crippen molar-refractivity contribution in [1.82, 2.24) is 0 Å². The van der Waals surface area contributed by atoms with Crippen molar-refractivity contribution < 1.29 is 37.1 Å². The van der Waals surface area contributed by atoms with Gasteiger partial charge < -0.3 is 14.6 Å². The molecular weight excluding hydrogens is 350 g/mol. The third kappa shape index (κ3) is 4.22. The van der Waals surface area contributed by atoms with Gasteiger partial charge in [-0.15, -0.1) is 0 Å². The number of ether oxygens (including phenoxy) is 1. The number of non-ortho nitro benzene ring substituents is 1. The molecule has 0 heterocycles. The van der Waals surface area contributed by atoms with E-state index in [1.54, 1.807) is 0 Å². The van der Waals surface area contributed by atoms with Crippen LogP contribution in [0.15, 0.2) is 36.4 Å². The zero-order valence-electron chi connectivity index (χ0n) is 12.2. The molecule has 2 aromatic rings. The molecule has 0 unspecified atom stereocenters. The van der Waals surface area contributed by atoms with E-state index in [1.165, 1.54) is 0 Å². The summed E-state index contributed by atoms with van der Waals surface area (Å²) in [6.45, 7) is 0. The van der Waals surface area contributed by atoms with Crippen LogP contribution < -0.4 is 9.84 Å². The Labute approximate surface area is 137 Å². The Balaban J connectivity index is 2.50. The lowest BCUT2D eigenvalue weighted by Crippen LogP contribution is -2.27. The summed E-state index contributed by atoms with van der Waals surface area (Å²) in [4.78, 5) is 20.6. The molecule has 0 saturated carbocycles. The molecule has 0 bridgehead atoms. The van der Waals surface area contributed by atoms with Crippen molar-refractivity contribution in [3.05, 3.63) is 69.0 Å². The topological polar surface area (TPSA) is 92.5 Å². The minimum absolute atomic E-state index is 0.184. The molecule has 0 N–H and O–H groups in total. The number of hydrogen-bond donors (Lipinski definition) is 0. The SMILES string of the molecule is O=C([O-])Oc1ccc([N+](=O)[O-])cc1Cc1cccc(C(F)(F)F)c1F. The highest BCUT2D eigenvalue weighted by Crippen LogP contribution is 2.34. The maximum Gasteiger partial charge on any atom is 0.419 e. The number of halogens is 4. The van der Waals surface area contributed by atoms with Gasteiger partial charge in [0.25, 0.3) is 11.8 Å². The normalized spacial score (nSPS) is 11.2. The third-order valence-electron chi connectivity index (χ3n) is 3.21. The first-order valence-corrected chi connectivity index (χ1v) is 6.60. The predicted octanol–water partition coefficient (Wildman–Crippen LogP) is 3.07. The van der Waals surface area contributed by atoms with Gasteiger partial charge in [0.05, 0.1) is 16.2 Å². The molecule has 0 aliphatic heterocycles. The molecule has 0 amide bonds. The van der Waals surface area contributed by atoms with Crippen molar-refractivity contribution in [1.29, 1.82) is 0 Å². The molecule has 0 aliphatic rings. The number of nitrogens with zero attached hydrogens (tertiary/aromatic N) is 1. The standard InChI is InChI=1S/C15H9F4NO5/c16-13-8(2-1-3-11(13)15(17,18)19)6-9-7-10(20(23)24)4-5-12(9)25-14(21)22/h1-5,7H,6H2,(H,21,22)/p-1. The van der Waals surface area contributed by atoms with Crippen LogP contribution in [0, 0.1) is 15.9 Å². The van der Waals surface area contributed by atoms with E-state index in [1.807, 2.05) is 0 Å². The fourth-order valence-corrected chi connectivity index (χ4v) is 2.15. The molecule has 0 radical (unpaired) electrons. The maximum atomic E-state index is 14.1. The summed E-state index contributed by atoms with van der Waals surface area (Å²) >= 11 is 0. The fourth-order valence-electron chi connectivity index (χ4n) is 2.15.